The zero-order chi connectivity index (χ0) is 13.2. The summed E-state index contributed by atoms with van der Waals surface area (Å²) in [7, 11) is 0. The molecule has 1 heterocycles. The number of hydrogen-bond acceptors (Lipinski definition) is 1. The largest absolute Gasteiger partial charge is 0.310 e. The zero-order valence-electron chi connectivity index (χ0n) is 12.3. The Morgan fingerprint density at radius 1 is 1.17 bits per heavy atom. The Bertz CT molecular complexity index is 372. The molecule has 1 heteroatoms. The average Bonchev–Trinajstić information content (AvgIpc) is 2.38. The second-order valence-corrected chi connectivity index (χ2v) is 6.68. The highest BCUT2D eigenvalue weighted by Gasteiger charge is 2.22. The highest BCUT2D eigenvalue weighted by molar-refractivity contribution is 5.29. The fourth-order valence-corrected chi connectivity index (χ4v) is 2.84. The number of piperidine rings is 1. The van der Waals surface area contributed by atoms with E-state index in [1.54, 1.807) is 0 Å². The second kappa shape index (κ2) is 5.44. The first-order valence-corrected chi connectivity index (χ1v) is 7.34. The van der Waals surface area contributed by atoms with Crippen molar-refractivity contribution >= 4 is 0 Å². The van der Waals surface area contributed by atoms with Crippen LogP contribution in [0.25, 0.3) is 0 Å². The maximum Gasteiger partial charge on any atom is 0.0322 e. The van der Waals surface area contributed by atoms with Crippen LogP contribution in [0.4, 0.5) is 0 Å². The summed E-state index contributed by atoms with van der Waals surface area (Å²) in [5, 5.41) is 3.66. The van der Waals surface area contributed by atoms with Crippen LogP contribution in [-0.4, -0.2) is 6.54 Å². The third-order valence-electron chi connectivity index (χ3n) is 4.27. The Morgan fingerprint density at radius 3 is 2.39 bits per heavy atom. The van der Waals surface area contributed by atoms with E-state index < -0.39 is 0 Å². The Balaban J connectivity index is 2.09. The normalized spacial score (nSPS) is 25.1. The summed E-state index contributed by atoms with van der Waals surface area (Å²) in [5.41, 5.74) is 3.14. The molecule has 1 N–H and O–H groups in total. The molecule has 0 spiro atoms. The quantitative estimate of drug-likeness (QED) is 0.812. The lowest BCUT2D eigenvalue weighted by atomic mass is 9.84. The van der Waals surface area contributed by atoms with Gasteiger partial charge in [0.2, 0.25) is 0 Å². The molecule has 1 fully saturated rings. The minimum Gasteiger partial charge on any atom is -0.310 e. The average molecular weight is 245 g/mol. The predicted octanol–water partition coefficient (Wildman–Crippen LogP) is 4.43. The molecule has 0 aromatic heterocycles. The molecule has 1 aromatic carbocycles. The SMILES string of the molecule is CCC1CCNC(c2ccc(C(C)(C)C)cc2)C1. The number of benzene rings is 1. The van der Waals surface area contributed by atoms with Crippen LogP contribution in [0.3, 0.4) is 0 Å². The lowest BCUT2D eigenvalue weighted by Gasteiger charge is -2.30. The molecule has 0 amide bonds. The smallest absolute Gasteiger partial charge is 0.0322 e. The van der Waals surface area contributed by atoms with Crippen LogP contribution in [-0.2, 0) is 5.41 Å². The van der Waals surface area contributed by atoms with Crippen LogP contribution in [0.2, 0.25) is 0 Å². The molecule has 2 unspecified atom stereocenters. The van der Waals surface area contributed by atoms with Crippen LogP contribution in [0.15, 0.2) is 24.3 Å². The minimum atomic E-state index is 0.254. The number of nitrogens with one attached hydrogen (secondary N) is 1. The van der Waals surface area contributed by atoms with E-state index in [0.29, 0.717) is 6.04 Å². The lowest BCUT2D eigenvalue weighted by molar-refractivity contribution is 0.299. The molecule has 0 bridgehead atoms. The first-order valence-electron chi connectivity index (χ1n) is 7.34. The van der Waals surface area contributed by atoms with Gasteiger partial charge in [-0.3, -0.25) is 0 Å². The summed E-state index contributed by atoms with van der Waals surface area (Å²) >= 11 is 0. The van der Waals surface area contributed by atoms with Gasteiger partial charge in [0.1, 0.15) is 0 Å². The maximum atomic E-state index is 3.66. The molecule has 0 radical (unpaired) electrons. The molecule has 0 aliphatic carbocycles. The molecule has 2 rings (SSSR count). The molecule has 1 aliphatic heterocycles. The molecule has 2 atom stereocenters. The fourth-order valence-electron chi connectivity index (χ4n) is 2.84. The van der Waals surface area contributed by atoms with Gasteiger partial charge >= 0.3 is 0 Å². The van der Waals surface area contributed by atoms with E-state index in [9.17, 15) is 0 Å². The van der Waals surface area contributed by atoms with Crippen LogP contribution >= 0.6 is 0 Å². The topological polar surface area (TPSA) is 12.0 Å². The van der Waals surface area contributed by atoms with Crippen molar-refractivity contribution in [2.24, 2.45) is 5.92 Å². The van der Waals surface area contributed by atoms with Gasteiger partial charge < -0.3 is 5.32 Å². The van der Waals surface area contributed by atoms with Crippen molar-refractivity contribution in [1.82, 2.24) is 5.32 Å². The molecule has 18 heavy (non-hydrogen) atoms. The zero-order valence-corrected chi connectivity index (χ0v) is 12.3. The summed E-state index contributed by atoms with van der Waals surface area (Å²) in [4.78, 5) is 0. The van der Waals surface area contributed by atoms with E-state index in [1.165, 1.54) is 36.9 Å². The summed E-state index contributed by atoms with van der Waals surface area (Å²) < 4.78 is 0. The first kappa shape index (κ1) is 13.6. The summed E-state index contributed by atoms with van der Waals surface area (Å²) in [5.74, 6) is 0.901. The molecule has 1 aromatic rings. The van der Waals surface area contributed by atoms with Crippen molar-refractivity contribution in [2.75, 3.05) is 6.54 Å². The summed E-state index contributed by atoms with van der Waals surface area (Å²) in [6.45, 7) is 10.3. The Labute approximate surface area is 112 Å². The van der Waals surface area contributed by atoms with Gasteiger partial charge in [-0.25, -0.2) is 0 Å². The third kappa shape index (κ3) is 3.14. The number of hydrogen-bond donors (Lipinski definition) is 1. The highest BCUT2D eigenvalue weighted by Crippen LogP contribution is 2.30. The monoisotopic (exact) mass is 245 g/mol. The highest BCUT2D eigenvalue weighted by atomic mass is 14.9. The van der Waals surface area contributed by atoms with E-state index in [1.807, 2.05) is 0 Å². The van der Waals surface area contributed by atoms with Crippen molar-refractivity contribution in [3.05, 3.63) is 35.4 Å². The Kier molecular flexibility index (Phi) is 4.11. The van der Waals surface area contributed by atoms with Gasteiger partial charge in [-0.1, -0.05) is 58.4 Å². The van der Waals surface area contributed by atoms with E-state index in [-0.39, 0.29) is 5.41 Å². The Hall–Kier alpha value is -0.820. The lowest BCUT2D eigenvalue weighted by Crippen LogP contribution is -2.31. The van der Waals surface area contributed by atoms with Crippen molar-refractivity contribution in [2.45, 2.75) is 58.4 Å². The Morgan fingerprint density at radius 2 is 1.83 bits per heavy atom. The second-order valence-electron chi connectivity index (χ2n) is 6.68. The van der Waals surface area contributed by atoms with Gasteiger partial charge in [-0.05, 0) is 41.8 Å². The van der Waals surface area contributed by atoms with Gasteiger partial charge in [0.25, 0.3) is 0 Å². The predicted molar refractivity (Wildman–Crippen MR) is 78.9 cm³/mol. The molecule has 1 saturated heterocycles. The van der Waals surface area contributed by atoms with Gasteiger partial charge in [0.05, 0.1) is 0 Å². The van der Waals surface area contributed by atoms with Gasteiger partial charge in [0, 0.05) is 6.04 Å². The standard InChI is InChI=1S/C17H27N/c1-5-13-10-11-18-16(12-13)14-6-8-15(9-7-14)17(2,3)4/h6-9,13,16,18H,5,10-12H2,1-4H3. The van der Waals surface area contributed by atoms with E-state index in [4.69, 9.17) is 0 Å². The van der Waals surface area contributed by atoms with E-state index >= 15 is 0 Å². The van der Waals surface area contributed by atoms with Crippen LogP contribution in [0, 0.1) is 5.92 Å². The molecule has 0 saturated carbocycles. The summed E-state index contributed by atoms with van der Waals surface area (Å²) in [6.07, 6.45) is 3.96. The van der Waals surface area contributed by atoms with Gasteiger partial charge in [-0.15, -0.1) is 0 Å². The summed E-state index contributed by atoms with van der Waals surface area (Å²) in [6, 6.07) is 9.80. The van der Waals surface area contributed by atoms with Crippen molar-refractivity contribution < 1.29 is 0 Å². The van der Waals surface area contributed by atoms with Gasteiger partial charge in [-0.2, -0.15) is 0 Å². The maximum absolute atomic E-state index is 3.66. The van der Waals surface area contributed by atoms with E-state index in [2.05, 4.69) is 57.3 Å². The van der Waals surface area contributed by atoms with Crippen molar-refractivity contribution in [1.29, 1.82) is 0 Å². The minimum absolute atomic E-state index is 0.254. The molecular weight excluding hydrogens is 218 g/mol. The van der Waals surface area contributed by atoms with Crippen molar-refractivity contribution in [3.8, 4) is 0 Å². The number of rotatable bonds is 2. The van der Waals surface area contributed by atoms with Crippen molar-refractivity contribution in [3.63, 3.8) is 0 Å². The third-order valence-corrected chi connectivity index (χ3v) is 4.27. The molecule has 1 aliphatic rings. The van der Waals surface area contributed by atoms with Gasteiger partial charge in [0.15, 0.2) is 0 Å². The van der Waals surface area contributed by atoms with Crippen LogP contribution in [0.5, 0.6) is 0 Å². The molecular formula is C17H27N. The van der Waals surface area contributed by atoms with E-state index in [0.717, 1.165) is 5.92 Å². The fraction of sp³-hybridized carbons (Fsp3) is 0.647. The first-order chi connectivity index (χ1) is 8.50. The molecule has 1 nitrogen and oxygen atoms in total. The van der Waals surface area contributed by atoms with Crippen LogP contribution in [0.1, 0.15) is 64.1 Å². The molecule has 100 valence electrons. The van der Waals surface area contributed by atoms with Crippen LogP contribution < -0.4 is 5.32 Å².